The molecule has 2 rings (SSSR count). The van der Waals surface area contributed by atoms with E-state index < -0.39 is 8.80 Å². The number of aryl methyl sites for hydroxylation is 1. The highest BCUT2D eigenvalue weighted by Gasteiger charge is 2.28. The number of carbonyl (C=O) groups is 1. The highest BCUT2D eigenvalue weighted by atomic mass is 28.3. The predicted molar refractivity (Wildman–Crippen MR) is 88.5 cm³/mol. The maximum absolute atomic E-state index is 11.7. The van der Waals surface area contributed by atoms with Crippen LogP contribution in [0.15, 0.2) is 40.8 Å². The maximum atomic E-state index is 11.7. The SMILES string of the molecule is CC[Si](CC)C(c1ccccc1)c1cc(C(C)=O)c(C)o1. The number of carbonyl (C=O) groups excluding carboxylic acids is 1. The summed E-state index contributed by atoms with van der Waals surface area (Å²) in [5, 5.41) is 0. The van der Waals surface area contributed by atoms with Crippen molar-refractivity contribution in [2.75, 3.05) is 0 Å². The van der Waals surface area contributed by atoms with Crippen LogP contribution in [0, 0.1) is 6.92 Å². The molecule has 0 aliphatic rings. The molecule has 111 valence electrons. The predicted octanol–water partition coefficient (Wildman–Crippen LogP) is 5.00. The van der Waals surface area contributed by atoms with Crippen LogP contribution in [0.2, 0.25) is 12.1 Å². The summed E-state index contributed by atoms with van der Waals surface area (Å²) < 4.78 is 5.98. The Labute approximate surface area is 128 Å². The molecule has 0 N–H and O–H groups in total. The number of benzene rings is 1. The third-order valence-corrected chi connectivity index (χ3v) is 7.30. The molecule has 1 atom stereocenters. The highest BCUT2D eigenvalue weighted by Crippen LogP contribution is 2.33. The molecule has 0 fully saturated rings. The van der Waals surface area contributed by atoms with Crippen molar-refractivity contribution in [3.8, 4) is 0 Å². The number of Topliss-reactive ketones (excluding diaryl/α,β-unsaturated/α-hetero) is 1. The third kappa shape index (κ3) is 3.35. The van der Waals surface area contributed by atoms with Gasteiger partial charge in [0.2, 0.25) is 0 Å². The Morgan fingerprint density at radius 2 is 1.81 bits per heavy atom. The van der Waals surface area contributed by atoms with Crippen molar-refractivity contribution in [3.05, 3.63) is 59.0 Å². The van der Waals surface area contributed by atoms with Gasteiger partial charge in [0.05, 0.1) is 14.4 Å². The fourth-order valence-corrected chi connectivity index (χ4v) is 5.43. The molecule has 2 aromatic rings. The van der Waals surface area contributed by atoms with Gasteiger partial charge in [-0.2, -0.15) is 0 Å². The molecule has 1 aromatic heterocycles. The van der Waals surface area contributed by atoms with Gasteiger partial charge in [0.25, 0.3) is 0 Å². The normalized spacial score (nSPS) is 12.6. The van der Waals surface area contributed by atoms with Crippen molar-refractivity contribution in [2.24, 2.45) is 0 Å². The summed E-state index contributed by atoms with van der Waals surface area (Å²) in [6.07, 6.45) is 0. The summed E-state index contributed by atoms with van der Waals surface area (Å²) in [7, 11) is -0.600. The molecule has 0 amide bonds. The lowest BCUT2D eigenvalue weighted by Crippen LogP contribution is -2.22. The van der Waals surface area contributed by atoms with E-state index in [9.17, 15) is 4.79 Å². The van der Waals surface area contributed by atoms with E-state index in [4.69, 9.17) is 4.42 Å². The summed E-state index contributed by atoms with van der Waals surface area (Å²) in [6.45, 7) is 8.00. The Morgan fingerprint density at radius 3 is 2.29 bits per heavy atom. The monoisotopic (exact) mass is 299 g/mol. The minimum atomic E-state index is -0.600. The lowest BCUT2D eigenvalue weighted by Gasteiger charge is -2.22. The van der Waals surface area contributed by atoms with Gasteiger partial charge in [0.15, 0.2) is 5.78 Å². The first-order valence-electron chi connectivity index (χ1n) is 7.59. The quantitative estimate of drug-likeness (QED) is 0.555. The number of ketones is 1. The Balaban J connectivity index is 2.50. The average Bonchev–Trinajstić information content (AvgIpc) is 2.87. The molecule has 0 aliphatic heterocycles. The molecule has 1 unspecified atom stereocenters. The molecule has 0 saturated carbocycles. The Kier molecular flexibility index (Phi) is 5.18. The van der Waals surface area contributed by atoms with Crippen molar-refractivity contribution in [2.45, 2.75) is 45.3 Å². The summed E-state index contributed by atoms with van der Waals surface area (Å²) in [5.41, 5.74) is 2.34. The van der Waals surface area contributed by atoms with Gasteiger partial charge in [0.1, 0.15) is 11.5 Å². The van der Waals surface area contributed by atoms with E-state index in [0.717, 1.165) is 17.1 Å². The lowest BCUT2D eigenvalue weighted by atomic mass is 10.1. The number of hydrogen-bond donors (Lipinski definition) is 0. The van der Waals surface area contributed by atoms with E-state index in [1.165, 1.54) is 17.7 Å². The Morgan fingerprint density at radius 1 is 1.19 bits per heavy atom. The van der Waals surface area contributed by atoms with Crippen LogP contribution in [0.3, 0.4) is 0 Å². The fourth-order valence-electron chi connectivity index (χ4n) is 2.90. The molecule has 0 spiro atoms. The van der Waals surface area contributed by atoms with Crippen LogP contribution in [0.5, 0.6) is 0 Å². The van der Waals surface area contributed by atoms with E-state index in [1.807, 2.05) is 19.1 Å². The van der Waals surface area contributed by atoms with Gasteiger partial charge >= 0.3 is 0 Å². The fraction of sp³-hybridized carbons (Fsp3) is 0.389. The number of furan rings is 1. The molecular weight excluding hydrogens is 276 g/mol. The van der Waals surface area contributed by atoms with Crippen molar-refractivity contribution in [1.82, 2.24) is 0 Å². The molecule has 21 heavy (non-hydrogen) atoms. The first-order valence-corrected chi connectivity index (χ1v) is 9.58. The first kappa shape index (κ1) is 15.8. The van der Waals surface area contributed by atoms with Gasteiger partial charge in [-0.25, -0.2) is 0 Å². The number of rotatable bonds is 6. The zero-order chi connectivity index (χ0) is 15.4. The summed E-state index contributed by atoms with van der Waals surface area (Å²) in [4.78, 5) is 11.7. The summed E-state index contributed by atoms with van der Waals surface area (Å²) in [5.74, 6) is 1.78. The molecular formula is C18H23O2Si. The number of hydrogen-bond acceptors (Lipinski definition) is 2. The van der Waals surface area contributed by atoms with Gasteiger partial charge in [-0.15, -0.1) is 0 Å². The van der Waals surface area contributed by atoms with E-state index in [1.54, 1.807) is 6.92 Å². The second-order valence-corrected chi connectivity index (χ2v) is 8.69. The standard InChI is InChI=1S/C18H23O2Si/c1-5-21(6-2)18(15-10-8-7-9-11-15)17-12-16(13(3)19)14(4)20-17/h7-12,18H,5-6H2,1-4H3. The minimum absolute atomic E-state index is 0.0797. The summed E-state index contributed by atoms with van der Waals surface area (Å²) in [6, 6.07) is 14.9. The third-order valence-electron chi connectivity index (χ3n) is 4.05. The molecule has 0 saturated heterocycles. The maximum Gasteiger partial charge on any atom is 0.163 e. The molecule has 1 radical (unpaired) electrons. The van der Waals surface area contributed by atoms with Crippen molar-refractivity contribution >= 4 is 14.6 Å². The van der Waals surface area contributed by atoms with Gasteiger partial charge < -0.3 is 4.42 Å². The van der Waals surface area contributed by atoms with Gasteiger partial charge in [-0.3, -0.25) is 4.79 Å². The van der Waals surface area contributed by atoms with Crippen LogP contribution in [0.1, 0.15) is 53.8 Å². The topological polar surface area (TPSA) is 30.2 Å². The van der Waals surface area contributed by atoms with Gasteiger partial charge in [-0.05, 0) is 25.5 Å². The molecule has 0 aliphatic carbocycles. The van der Waals surface area contributed by atoms with Crippen LogP contribution in [0.4, 0.5) is 0 Å². The average molecular weight is 299 g/mol. The van der Waals surface area contributed by atoms with Crippen LogP contribution in [-0.2, 0) is 0 Å². The lowest BCUT2D eigenvalue weighted by molar-refractivity contribution is 0.101. The van der Waals surface area contributed by atoms with E-state index in [0.29, 0.717) is 5.54 Å². The van der Waals surface area contributed by atoms with Gasteiger partial charge in [0, 0.05) is 5.54 Å². The molecule has 1 aromatic carbocycles. The molecule has 2 nitrogen and oxygen atoms in total. The van der Waals surface area contributed by atoms with Crippen LogP contribution in [0.25, 0.3) is 0 Å². The van der Waals surface area contributed by atoms with Crippen molar-refractivity contribution in [1.29, 1.82) is 0 Å². The van der Waals surface area contributed by atoms with Crippen LogP contribution < -0.4 is 0 Å². The smallest absolute Gasteiger partial charge is 0.163 e. The first-order chi connectivity index (χ1) is 10.1. The second kappa shape index (κ2) is 6.90. The summed E-state index contributed by atoms with van der Waals surface area (Å²) >= 11 is 0. The largest absolute Gasteiger partial charge is 0.465 e. The zero-order valence-corrected chi connectivity index (χ0v) is 14.3. The minimum Gasteiger partial charge on any atom is -0.465 e. The molecule has 0 bridgehead atoms. The van der Waals surface area contributed by atoms with E-state index >= 15 is 0 Å². The van der Waals surface area contributed by atoms with Crippen LogP contribution >= 0.6 is 0 Å². The van der Waals surface area contributed by atoms with Gasteiger partial charge in [-0.1, -0.05) is 56.3 Å². The van der Waals surface area contributed by atoms with Crippen LogP contribution in [-0.4, -0.2) is 14.6 Å². The zero-order valence-electron chi connectivity index (χ0n) is 13.3. The van der Waals surface area contributed by atoms with Crippen molar-refractivity contribution < 1.29 is 9.21 Å². The Bertz CT molecular complexity index is 597. The molecule has 3 heteroatoms. The highest BCUT2D eigenvalue weighted by molar-refractivity contribution is 6.61. The second-order valence-electron chi connectivity index (χ2n) is 5.38. The van der Waals surface area contributed by atoms with E-state index in [2.05, 4.69) is 38.1 Å². The van der Waals surface area contributed by atoms with Crippen molar-refractivity contribution in [3.63, 3.8) is 0 Å². The molecule has 1 heterocycles. The Hall–Kier alpha value is -1.61. The van der Waals surface area contributed by atoms with E-state index in [-0.39, 0.29) is 5.78 Å².